The fraction of sp³-hybridized carbons (Fsp3) is 1.00. The van der Waals surface area contributed by atoms with E-state index in [2.05, 4.69) is 24.1 Å². The van der Waals surface area contributed by atoms with Crippen molar-refractivity contribution >= 4 is 0 Å². The summed E-state index contributed by atoms with van der Waals surface area (Å²) < 4.78 is 0. The van der Waals surface area contributed by atoms with Crippen LogP contribution in [0.2, 0.25) is 0 Å². The Bertz CT molecular complexity index is 160. The summed E-state index contributed by atoms with van der Waals surface area (Å²) in [5, 5.41) is 12.7. The molecule has 1 aliphatic rings. The van der Waals surface area contributed by atoms with Crippen LogP contribution in [-0.4, -0.2) is 47.8 Å². The molecule has 1 aliphatic heterocycles. The second-order valence-corrected chi connectivity index (χ2v) is 5.00. The zero-order valence-corrected chi connectivity index (χ0v) is 10.4. The van der Waals surface area contributed by atoms with E-state index in [1.54, 1.807) is 0 Å². The van der Waals surface area contributed by atoms with Crippen LogP contribution in [0.15, 0.2) is 0 Å². The van der Waals surface area contributed by atoms with Crippen molar-refractivity contribution in [3.05, 3.63) is 0 Å². The van der Waals surface area contributed by atoms with Crippen molar-refractivity contribution in [3.8, 4) is 0 Å². The lowest BCUT2D eigenvalue weighted by atomic mass is 10.0. The predicted molar refractivity (Wildman–Crippen MR) is 64.0 cm³/mol. The summed E-state index contributed by atoms with van der Waals surface area (Å²) in [6.45, 7) is 9.75. The van der Waals surface area contributed by atoms with Crippen LogP contribution in [-0.2, 0) is 0 Å². The van der Waals surface area contributed by atoms with E-state index in [9.17, 15) is 0 Å². The third kappa shape index (κ3) is 4.96. The highest BCUT2D eigenvalue weighted by Gasteiger charge is 2.19. The maximum Gasteiger partial charge on any atom is 0.0524 e. The van der Waals surface area contributed by atoms with Crippen LogP contribution in [0.4, 0.5) is 0 Å². The van der Waals surface area contributed by atoms with Crippen LogP contribution in [0.3, 0.4) is 0 Å². The van der Waals surface area contributed by atoms with Gasteiger partial charge >= 0.3 is 0 Å². The standard InChI is InChI=1S/C12H26N2O/c1-10(2)14-8-5-12(6-9-14)13-7-4-11(3)15/h10-13,15H,4-9H2,1-3H3/t11-/m1/s1. The molecule has 3 heteroatoms. The van der Waals surface area contributed by atoms with Crippen molar-refractivity contribution in [3.63, 3.8) is 0 Å². The molecule has 0 amide bonds. The monoisotopic (exact) mass is 214 g/mol. The fourth-order valence-corrected chi connectivity index (χ4v) is 2.12. The molecule has 0 radical (unpaired) electrons. The van der Waals surface area contributed by atoms with E-state index in [1.807, 2.05) is 6.92 Å². The highest BCUT2D eigenvalue weighted by Crippen LogP contribution is 2.12. The Morgan fingerprint density at radius 2 is 1.87 bits per heavy atom. The van der Waals surface area contributed by atoms with Gasteiger partial charge in [-0.05, 0) is 59.7 Å². The minimum atomic E-state index is -0.173. The van der Waals surface area contributed by atoms with E-state index in [1.165, 1.54) is 25.9 Å². The molecule has 0 aromatic carbocycles. The molecule has 0 bridgehead atoms. The quantitative estimate of drug-likeness (QED) is 0.722. The third-order valence-electron chi connectivity index (χ3n) is 3.25. The zero-order valence-electron chi connectivity index (χ0n) is 10.4. The largest absolute Gasteiger partial charge is 0.393 e. The first-order valence-electron chi connectivity index (χ1n) is 6.25. The average molecular weight is 214 g/mol. The number of nitrogens with zero attached hydrogens (tertiary/aromatic N) is 1. The highest BCUT2D eigenvalue weighted by molar-refractivity contribution is 4.78. The predicted octanol–water partition coefficient (Wildman–Crippen LogP) is 1.22. The number of aliphatic hydroxyl groups excluding tert-OH is 1. The fourth-order valence-electron chi connectivity index (χ4n) is 2.12. The molecule has 0 unspecified atom stereocenters. The molecule has 1 atom stereocenters. The molecule has 0 aliphatic carbocycles. The smallest absolute Gasteiger partial charge is 0.0524 e. The van der Waals surface area contributed by atoms with Crippen molar-refractivity contribution in [2.75, 3.05) is 19.6 Å². The van der Waals surface area contributed by atoms with Crippen molar-refractivity contribution in [1.82, 2.24) is 10.2 Å². The number of aliphatic hydroxyl groups is 1. The maximum absolute atomic E-state index is 9.15. The lowest BCUT2D eigenvalue weighted by Gasteiger charge is -2.35. The van der Waals surface area contributed by atoms with Gasteiger partial charge in [-0.3, -0.25) is 0 Å². The summed E-state index contributed by atoms with van der Waals surface area (Å²) in [5.41, 5.74) is 0. The zero-order chi connectivity index (χ0) is 11.3. The number of likely N-dealkylation sites (tertiary alicyclic amines) is 1. The summed E-state index contributed by atoms with van der Waals surface area (Å²) in [4.78, 5) is 2.53. The normalized spacial score (nSPS) is 22.2. The molecule has 0 saturated carbocycles. The summed E-state index contributed by atoms with van der Waals surface area (Å²) >= 11 is 0. The van der Waals surface area contributed by atoms with Gasteiger partial charge in [-0.2, -0.15) is 0 Å². The molecule has 0 spiro atoms. The van der Waals surface area contributed by atoms with Gasteiger partial charge in [0.25, 0.3) is 0 Å². The number of rotatable bonds is 5. The Labute approximate surface area is 93.9 Å². The molecule has 2 N–H and O–H groups in total. The van der Waals surface area contributed by atoms with E-state index >= 15 is 0 Å². The van der Waals surface area contributed by atoms with E-state index in [-0.39, 0.29) is 6.10 Å². The highest BCUT2D eigenvalue weighted by atomic mass is 16.3. The molecule has 1 fully saturated rings. The molecule has 0 aromatic heterocycles. The molecule has 1 saturated heterocycles. The van der Waals surface area contributed by atoms with Gasteiger partial charge in [-0.15, -0.1) is 0 Å². The lowest BCUT2D eigenvalue weighted by molar-refractivity contribution is 0.153. The molecule has 0 aromatic rings. The van der Waals surface area contributed by atoms with E-state index in [0.29, 0.717) is 12.1 Å². The number of hydrogen-bond donors (Lipinski definition) is 2. The Morgan fingerprint density at radius 1 is 1.27 bits per heavy atom. The summed E-state index contributed by atoms with van der Waals surface area (Å²) in [7, 11) is 0. The van der Waals surface area contributed by atoms with Crippen molar-refractivity contribution in [2.45, 2.75) is 58.2 Å². The molecular formula is C12H26N2O. The van der Waals surface area contributed by atoms with E-state index < -0.39 is 0 Å². The van der Waals surface area contributed by atoms with Crippen LogP contribution in [0, 0.1) is 0 Å². The van der Waals surface area contributed by atoms with Crippen LogP contribution in [0.25, 0.3) is 0 Å². The van der Waals surface area contributed by atoms with Gasteiger partial charge in [0.05, 0.1) is 6.10 Å². The maximum atomic E-state index is 9.15. The van der Waals surface area contributed by atoms with E-state index in [4.69, 9.17) is 5.11 Å². The SMILES string of the molecule is CC(C)N1CCC(NCC[C@@H](C)O)CC1. The Balaban J connectivity index is 2.09. The van der Waals surface area contributed by atoms with Gasteiger partial charge in [0.15, 0.2) is 0 Å². The molecular weight excluding hydrogens is 188 g/mol. The second kappa shape index (κ2) is 6.46. The molecule has 1 heterocycles. The lowest BCUT2D eigenvalue weighted by Crippen LogP contribution is -2.45. The molecule has 3 nitrogen and oxygen atoms in total. The average Bonchev–Trinajstić information content (AvgIpc) is 2.18. The van der Waals surface area contributed by atoms with Gasteiger partial charge in [-0.25, -0.2) is 0 Å². The Hall–Kier alpha value is -0.120. The second-order valence-electron chi connectivity index (χ2n) is 5.00. The summed E-state index contributed by atoms with van der Waals surface area (Å²) in [5.74, 6) is 0. The van der Waals surface area contributed by atoms with Gasteiger partial charge in [-0.1, -0.05) is 0 Å². The van der Waals surface area contributed by atoms with Crippen LogP contribution < -0.4 is 5.32 Å². The van der Waals surface area contributed by atoms with Crippen LogP contribution in [0.5, 0.6) is 0 Å². The van der Waals surface area contributed by atoms with Crippen molar-refractivity contribution in [1.29, 1.82) is 0 Å². The first kappa shape index (κ1) is 12.9. The van der Waals surface area contributed by atoms with Gasteiger partial charge < -0.3 is 15.3 Å². The number of piperidine rings is 1. The number of nitrogens with one attached hydrogen (secondary N) is 1. The van der Waals surface area contributed by atoms with Gasteiger partial charge in [0.1, 0.15) is 0 Å². The topological polar surface area (TPSA) is 35.5 Å². The minimum absolute atomic E-state index is 0.173. The minimum Gasteiger partial charge on any atom is -0.393 e. The molecule has 15 heavy (non-hydrogen) atoms. The van der Waals surface area contributed by atoms with Crippen LogP contribution >= 0.6 is 0 Å². The molecule has 90 valence electrons. The van der Waals surface area contributed by atoms with Crippen molar-refractivity contribution in [2.24, 2.45) is 0 Å². The van der Waals surface area contributed by atoms with Gasteiger partial charge in [0.2, 0.25) is 0 Å². The summed E-state index contributed by atoms with van der Waals surface area (Å²) in [6, 6.07) is 1.35. The summed E-state index contributed by atoms with van der Waals surface area (Å²) in [6.07, 6.45) is 3.19. The first-order valence-corrected chi connectivity index (χ1v) is 6.25. The Kier molecular flexibility index (Phi) is 5.58. The van der Waals surface area contributed by atoms with Crippen molar-refractivity contribution < 1.29 is 5.11 Å². The third-order valence-corrected chi connectivity index (χ3v) is 3.25. The number of hydrogen-bond acceptors (Lipinski definition) is 3. The van der Waals surface area contributed by atoms with E-state index in [0.717, 1.165) is 13.0 Å². The Morgan fingerprint density at radius 3 is 2.33 bits per heavy atom. The van der Waals surface area contributed by atoms with Crippen LogP contribution in [0.1, 0.15) is 40.0 Å². The van der Waals surface area contributed by atoms with Gasteiger partial charge in [0, 0.05) is 12.1 Å². The first-order chi connectivity index (χ1) is 7.09. The molecule has 1 rings (SSSR count).